The predicted molar refractivity (Wildman–Crippen MR) is 76.4 cm³/mol. The highest BCUT2D eigenvalue weighted by Crippen LogP contribution is 2.32. The topological polar surface area (TPSA) is 94.0 Å². The summed E-state index contributed by atoms with van der Waals surface area (Å²) < 4.78 is 5.93. The van der Waals surface area contributed by atoms with Crippen molar-refractivity contribution >= 4 is 33.0 Å². The standard InChI is InChI=1S/C13H12N4O2S/c1-7-4-8(19-17-7)5-16-13(18)12-11(14)9-2-3-15-6-10(9)20-12/h2-4,6H,5,14H2,1H3,(H,16,18). The normalized spacial score (nSPS) is 10.8. The Morgan fingerprint density at radius 1 is 1.55 bits per heavy atom. The molecule has 0 saturated heterocycles. The molecule has 20 heavy (non-hydrogen) atoms. The van der Waals surface area contributed by atoms with Gasteiger partial charge in [0.2, 0.25) is 0 Å². The lowest BCUT2D eigenvalue weighted by atomic mass is 10.2. The van der Waals surface area contributed by atoms with E-state index in [4.69, 9.17) is 10.3 Å². The van der Waals surface area contributed by atoms with E-state index in [0.29, 0.717) is 16.3 Å². The Hall–Kier alpha value is -2.41. The van der Waals surface area contributed by atoms with Gasteiger partial charge in [0, 0.05) is 23.8 Å². The van der Waals surface area contributed by atoms with Gasteiger partial charge in [0.05, 0.1) is 22.6 Å². The highest BCUT2D eigenvalue weighted by molar-refractivity contribution is 7.21. The molecule has 1 amide bonds. The lowest BCUT2D eigenvalue weighted by Gasteiger charge is -2.01. The molecule has 3 N–H and O–H groups in total. The van der Waals surface area contributed by atoms with Gasteiger partial charge in [-0.3, -0.25) is 9.78 Å². The van der Waals surface area contributed by atoms with Crippen LogP contribution in [0.5, 0.6) is 0 Å². The van der Waals surface area contributed by atoms with Crippen LogP contribution in [0, 0.1) is 6.92 Å². The molecule has 0 bridgehead atoms. The number of anilines is 1. The molecule has 3 rings (SSSR count). The molecule has 0 radical (unpaired) electrons. The van der Waals surface area contributed by atoms with Crippen LogP contribution in [0.4, 0.5) is 5.69 Å². The number of nitrogens with two attached hydrogens (primary N) is 1. The summed E-state index contributed by atoms with van der Waals surface area (Å²) in [6, 6.07) is 3.58. The fraction of sp³-hybridized carbons (Fsp3) is 0.154. The number of nitrogens with zero attached hydrogens (tertiary/aromatic N) is 2. The second-order valence-corrected chi connectivity index (χ2v) is 5.39. The van der Waals surface area contributed by atoms with Crippen LogP contribution in [0.15, 0.2) is 29.0 Å². The molecule has 0 spiro atoms. The number of aromatic nitrogens is 2. The van der Waals surface area contributed by atoms with Crippen molar-refractivity contribution in [3.63, 3.8) is 0 Å². The molecule has 6 nitrogen and oxygen atoms in total. The minimum atomic E-state index is -0.224. The Labute approximate surface area is 118 Å². The summed E-state index contributed by atoms with van der Waals surface area (Å²) in [7, 11) is 0. The maximum atomic E-state index is 12.2. The third-order valence-corrected chi connectivity index (χ3v) is 3.99. The summed E-state index contributed by atoms with van der Waals surface area (Å²) in [5.41, 5.74) is 7.26. The second-order valence-electron chi connectivity index (χ2n) is 4.33. The van der Waals surface area contributed by atoms with Crippen molar-refractivity contribution in [2.75, 3.05) is 5.73 Å². The zero-order valence-electron chi connectivity index (χ0n) is 10.7. The number of aryl methyl sites for hydroxylation is 1. The first-order valence-corrected chi connectivity index (χ1v) is 6.79. The molecule has 0 atom stereocenters. The number of nitrogens with one attached hydrogen (secondary N) is 1. The molecule has 3 aromatic rings. The van der Waals surface area contributed by atoms with Crippen molar-refractivity contribution in [2.45, 2.75) is 13.5 Å². The van der Waals surface area contributed by atoms with Gasteiger partial charge < -0.3 is 15.6 Å². The molecule has 0 fully saturated rings. The van der Waals surface area contributed by atoms with Crippen LogP contribution < -0.4 is 11.1 Å². The summed E-state index contributed by atoms with van der Waals surface area (Å²) in [5, 5.41) is 7.38. The van der Waals surface area contributed by atoms with Crippen molar-refractivity contribution in [3.8, 4) is 0 Å². The Balaban J connectivity index is 1.80. The second kappa shape index (κ2) is 4.93. The maximum absolute atomic E-state index is 12.2. The summed E-state index contributed by atoms with van der Waals surface area (Å²) in [5.74, 6) is 0.384. The lowest BCUT2D eigenvalue weighted by Crippen LogP contribution is -2.22. The van der Waals surface area contributed by atoms with Crippen molar-refractivity contribution in [2.24, 2.45) is 0 Å². The Bertz CT molecular complexity index is 778. The highest BCUT2D eigenvalue weighted by Gasteiger charge is 2.16. The van der Waals surface area contributed by atoms with Crippen LogP contribution in [0.3, 0.4) is 0 Å². The molecule has 0 saturated carbocycles. The molecule has 3 aromatic heterocycles. The van der Waals surface area contributed by atoms with E-state index in [0.717, 1.165) is 15.8 Å². The van der Waals surface area contributed by atoms with Crippen LogP contribution in [-0.2, 0) is 6.54 Å². The first kappa shape index (κ1) is 12.6. The van der Waals surface area contributed by atoms with E-state index in [1.54, 1.807) is 24.5 Å². The summed E-state index contributed by atoms with van der Waals surface area (Å²) in [6.07, 6.45) is 3.36. The van der Waals surface area contributed by atoms with Gasteiger partial charge >= 0.3 is 0 Å². The minimum Gasteiger partial charge on any atom is -0.397 e. The number of rotatable bonds is 3. The van der Waals surface area contributed by atoms with E-state index in [1.807, 2.05) is 6.92 Å². The zero-order valence-corrected chi connectivity index (χ0v) is 11.5. The molecular weight excluding hydrogens is 276 g/mol. The molecule has 0 aliphatic heterocycles. The average Bonchev–Trinajstić information content (AvgIpc) is 3.01. The number of fused-ring (bicyclic) bond motifs is 1. The molecule has 102 valence electrons. The van der Waals surface area contributed by atoms with Crippen LogP contribution in [-0.4, -0.2) is 16.0 Å². The van der Waals surface area contributed by atoms with Gasteiger partial charge in [0.1, 0.15) is 4.88 Å². The molecular formula is C13H12N4O2S. The average molecular weight is 288 g/mol. The number of hydrogen-bond donors (Lipinski definition) is 2. The van der Waals surface area contributed by atoms with Crippen LogP contribution in [0.1, 0.15) is 21.1 Å². The molecule has 7 heteroatoms. The molecule has 0 unspecified atom stereocenters. The summed E-state index contributed by atoms with van der Waals surface area (Å²) >= 11 is 1.33. The van der Waals surface area contributed by atoms with Gasteiger partial charge in [-0.2, -0.15) is 0 Å². The quantitative estimate of drug-likeness (QED) is 0.769. The van der Waals surface area contributed by atoms with Gasteiger partial charge in [0.15, 0.2) is 5.76 Å². The van der Waals surface area contributed by atoms with Crippen molar-refractivity contribution < 1.29 is 9.32 Å². The fourth-order valence-corrected chi connectivity index (χ4v) is 2.89. The van der Waals surface area contributed by atoms with E-state index in [9.17, 15) is 4.79 Å². The monoisotopic (exact) mass is 288 g/mol. The first-order chi connectivity index (χ1) is 9.65. The Morgan fingerprint density at radius 2 is 2.40 bits per heavy atom. The Morgan fingerprint density at radius 3 is 3.10 bits per heavy atom. The number of carbonyl (C=O) groups excluding carboxylic acids is 1. The summed E-state index contributed by atoms with van der Waals surface area (Å²) in [6.45, 7) is 2.11. The number of pyridine rings is 1. The van der Waals surface area contributed by atoms with Crippen molar-refractivity contribution in [1.29, 1.82) is 0 Å². The SMILES string of the molecule is Cc1cc(CNC(=O)c2sc3cnccc3c2N)on1. The van der Waals surface area contributed by atoms with E-state index >= 15 is 0 Å². The number of nitrogen functional groups attached to an aromatic ring is 1. The van der Waals surface area contributed by atoms with Gasteiger partial charge in [0.25, 0.3) is 5.91 Å². The summed E-state index contributed by atoms with van der Waals surface area (Å²) in [4.78, 5) is 16.7. The smallest absolute Gasteiger partial charge is 0.263 e. The van der Waals surface area contributed by atoms with Gasteiger partial charge in [-0.15, -0.1) is 11.3 Å². The Kier molecular flexibility index (Phi) is 3.11. The number of amides is 1. The van der Waals surface area contributed by atoms with Crippen LogP contribution in [0.2, 0.25) is 0 Å². The molecule has 0 aliphatic rings. The van der Waals surface area contributed by atoms with E-state index in [2.05, 4.69) is 15.5 Å². The lowest BCUT2D eigenvalue weighted by molar-refractivity contribution is 0.0952. The molecule has 0 aliphatic carbocycles. The van der Waals surface area contributed by atoms with Gasteiger partial charge in [-0.25, -0.2) is 0 Å². The third kappa shape index (κ3) is 2.23. The van der Waals surface area contributed by atoms with E-state index < -0.39 is 0 Å². The van der Waals surface area contributed by atoms with Gasteiger partial charge in [-0.1, -0.05) is 5.16 Å². The van der Waals surface area contributed by atoms with Gasteiger partial charge in [-0.05, 0) is 13.0 Å². The minimum absolute atomic E-state index is 0.224. The number of thiophene rings is 1. The predicted octanol–water partition coefficient (Wildman–Crippen LogP) is 2.10. The third-order valence-electron chi connectivity index (χ3n) is 2.84. The van der Waals surface area contributed by atoms with Crippen molar-refractivity contribution in [3.05, 3.63) is 40.9 Å². The zero-order chi connectivity index (χ0) is 14.1. The highest BCUT2D eigenvalue weighted by atomic mass is 32.1. The molecule has 0 aromatic carbocycles. The van der Waals surface area contributed by atoms with E-state index in [-0.39, 0.29) is 12.5 Å². The number of carbonyl (C=O) groups is 1. The van der Waals surface area contributed by atoms with Crippen molar-refractivity contribution in [1.82, 2.24) is 15.5 Å². The first-order valence-electron chi connectivity index (χ1n) is 5.97. The molecule has 3 heterocycles. The number of hydrogen-bond acceptors (Lipinski definition) is 6. The van der Waals surface area contributed by atoms with Crippen LogP contribution >= 0.6 is 11.3 Å². The van der Waals surface area contributed by atoms with E-state index in [1.165, 1.54) is 11.3 Å². The largest absolute Gasteiger partial charge is 0.397 e. The van der Waals surface area contributed by atoms with Crippen LogP contribution in [0.25, 0.3) is 10.1 Å². The maximum Gasteiger partial charge on any atom is 0.263 e. The fourth-order valence-electron chi connectivity index (χ4n) is 1.89.